The fourth-order valence-corrected chi connectivity index (χ4v) is 5.27. The van der Waals surface area contributed by atoms with Gasteiger partial charge in [-0.15, -0.1) is 0 Å². The molecule has 0 saturated carbocycles. The Kier molecular flexibility index (Phi) is 5.94. The molecular weight excluding hydrogens is 357 g/mol. The number of nitrogens with one attached hydrogen (secondary N) is 1. The van der Waals surface area contributed by atoms with Crippen LogP contribution in [0, 0.1) is 17.7 Å². The smallest absolute Gasteiger partial charge is 0.281 e. The molecule has 1 N–H and O–H groups in total. The number of anilines is 1. The zero-order valence-electron chi connectivity index (χ0n) is 15.0. The van der Waals surface area contributed by atoms with E-state index in [1.54, 1.807) is 12.1 Å². The van der Waals surface area contributed by atoms with Crippen molar-refractivity contribution in [2.24, 2.45) is 11.8 Å². The topological polar surface area (TPSA) is 69.7 Å². The van der Waals surface area contributed by atoms with Crippen molar-refractivity contribution >= 4 is 21.8 Å². The van der Waals surface area contributed by atoms with E-state index >= 15 is 0 Å². The van der Waals surface area contributed by atoms with E-state index in [2.05, 4.69) is 12.2 Å². The summed E-state index contributed by atoms with van der Waals surface area (Å²) in [5, 5.41) is 2.59. The van der Waals surface area contributed by atoms with E-state index < -0.39 is 21.9 Å². The molecular formula is C18H26FN3O3S. The number of halogens is 1. The molecule has 2 fully saturated rings. The van der Waals surface area contributed by atoms with Crippen LogP contribution in [0.15, 0.2) is 24.3 Å². The largest absolute Gasteiger partial charge is 0.323 e. The van der Waals surface area contributed by atoms with Gasteiger partial charge in [0.1, 0.15) is 5.82 Å². The summed E-state index contributed by atoms with van der Waals surface area (Å²) in [5.74, 6) is -0.755. The lowest BCUT2D eigenvalue weighted by Crippen LogP contribution is -2.51. The Morgan fingerprint density at radius 2 is 1.81 bits per heavy atom. The minimum atomic E-state index is -3.54. The number of nitrogens with zero attached hydrogens (tertiary/aromatic N) is 2. The molecule has 1 aromatic rings. The van der Waals surface area contributed by atoms with Gasteiger partial charge in [0.25, 0.3) is 10.2 Å². The molecule has 2 heterocycles. The first-order valence-corrected chi connectivity index (χ1v) is 10.6. The second kappa shape index (κ2) is 8.02. The predicted molar refractivity (Wildman–Crippen MR) is 98.2 cm³/mol. The Labute approximate surface area is 154 Å². The molecule has 0 aliphatic carbocycles. The first kappa shape index (κ1) is 19.3. The van der Waals surface area contributed by atoms with E-state index in [9.17, 15) is 17.6 Å². The molecule has 2 aliphatic rings. The maximum atomic E-state index is 13.7. The summed E-state index contributed by atoms with van der Waals surface area (Å²) in [6.45, 7) is 3.78. The van der Waals surface area contributed by atoms with Gasteiger partial charge in [-0.05, 0) is 43.7 Å². The minimum Gasteiger partial charge on any atom is -0.323 e. The highest BCUT2D eigenvalue weighted by molar-refractivity contribution is 7.86. The summed E-state index contributed by atoms with van der Waals surface area (Å²) in [6.07, 6.45) is 2.96. The minimum absolute atomic E-state index is 0.127. The molecule has 8 heteroatoms. The van der Waals surface area contributed by atoms with Crippen molar-refractivity contribution in [3.8, 4) is 0 Å². The highest BCUT2D eigenvalue weighted by Gasteiger charge is 2.37. The van der Waals surface area contributed by atoms with Crippen LogP contribution in [0.3, 0.4) is 0 Å². The zero-order chi connectivity index (χ0) is 18.7. The SMILES string of the molecule is CC1CCN(S(=O)(=O)N2CCCC(C(=O)Nc3ccccc3F)C2)CC1. The number of hydrogen-bond donors (Lipinski definition) is 1. The fourth-order valence-electron chi connectivity index (χ4n) is 3.54. The molecule has 0 radical (unpaired) electrons. The molecule has 0 bridgehead atoms. The number of amides is 1. The van der Waals surface area contributed by atoms with E-state index in [4.69, 9.17) is 0 Å². The lowest BCUT2D eigenvalue weighted by Gasteiger charge is -2.37. The summed E-state index contributed by atoms with van der Waals surface area (Å²) >= 11 is 0. The summed E-state index contributed by atoms with van der Waals surface area (Å²) in [4.78, 5) is 12.5. The third-order valence-corrected chi connectivity index (χ3v) is 7.28. The van der Waals surface area contributed by atoms with Crippen LogP contribution in [0.4, 0.5) is 10.1 Å². The van der Waals surface area contributed by atoms with Gasteiger partial charge < -0.3 is 5.32 Å². The maximum Gasteiger partial charge on any atom is 0.281 e. The van der Waals surface area contributed by atoms with Gasteiger partial charge in [-0.25, -0.2) is 4.39 Å². The number of piperidine rings is 2. The summed E-state index contributed by atoms with van der Waals surface area (Å²) in [5.41, 5.74) is 0.127. The number of carbonyl (C=O) groups excluding carboxylic acids is 1. The van der Waals surface area contributed by atoms with Gasteiger partial charge in [-0.2, -0.15) is 17.0 Å². The molecule has 144 valence electrons. The average Bonchev–Trinajstić information content (AvgIpc) is 2.64. The van der Waals surface area contributed by atoms with E-state index in [0.29, 0.717) is 38.4 Å². The van der Waals surface area contributed by atoms with E-state index in [1.807, 2.05) is 0 Å². The Hall–Kier alpha value is -1.51. The van der Waals surface area contributed by atoms with Crippen molar-refractivity contribution in [2.75, 3.05) is 31.5 Å². The van der Waals surface area contributed by atoms with Crippen LogP contribution in [0.25, 0.3) is 0 Å². The van der Waals surface area contributed by atoms with Crippen LogP contribution >= 0.6 is 0 Å². The number of rotatable bonds is 4. The van der Waals surface area contributed by atoms with E-state index in [-0.39, 0.29) is 18.1 Å². The van der Waals surface area contributed by atoms with Crippen LogP contribution < -0.4 is 5.32 Å². The van der Waals surface area contributed by atoms with Crippen LogP contribution in [0.2, 0.25) is 0 Å². The van der Waals surface area contributed by atoms with Crippen molar-refractivity contribution in [2.45, 2.75) is 32.6 Å². The van der Waals surface area contributed by atoms with Crippen molar-refractivity contribution in [3.05, 3.63) is 30.1 Å². The van der Waals surface area contributed by atoms with Crippen LogP contribution in [-0.2, 0) is 15.0 Å². The Morgan fingerprint density at radius 3 is 2.50 bits per heavy atom. The molecule has 2 saturated heterocycles. The first-order chi connectivity index (χ1) is 12.4. The van der Waals surface area contributed by atoms with Gasteiger partial charge in [0.05, 0.1) is 11.6 Å². The van der Waals surface area contributed by atoms with Gasteiger partial charge in [-0.3, -0.25) is 4.79 Å². The van der Waals surface area contributed by atoms with E-state index in [0.717, 1.165) is 12.8 Å². The number of benzene rings is 1. The molecule has 0 aromatic heterocycles. The van der Waals surface area contributed by atoms with Crippen LogP contribution in [0.1, 0.15) is 32.6 Å². The third kappa shape index (κ3) is 4.24. The molecule has 1 unspecified atom stereocenters. The molecule has 6 nitrogen and oxygen atoms in total. The van der Waals surface area contributed by atoms with Crippen molar-refractivity contribution in [1.82, 2.24) is 8.61 Å². The van der Waals surface area contributed by atoms with Crippen LogP contribution in [-0.4, -0.2) is 49.1 Å². The second-order valence-corrected chi connectivity index (χ2v) is 9.18. The fraction of sp³-hybridized carbons (Fsp3) is 0.611. The Bertz CT molecular complexity index is 748. The molecule has 2 aliphatic heterocycles. The van der Waals surface area contributed by atoms with Gasteiger partial charge in [-0.1, -0.05) is 19.1 Å². The Balaban J connectivity index is 1.65. The van der Waals surface area contributed by atoms with Crippen molar-refractivity contribution in [3.63, 3.8) is 0 Å². The molecule has 1 amide bonds. The number of hydrogen-bond acceptors (Lipinski definition) is 3. The first-order valence-electron chi connectivity index (χ1n) is 9.18. The maximum absolute atomic E-state index is 13.7. The lowest BCUT2D eigenvalue weighted by molar-refractivity contribution is -0.120. The van der Waals surface area contributed by atoms with Crippen molar-refractivity contribution < 1.29 is 17.6 Å². The van der Waals surface area contributed by atoms with Gasteiger partial charge >= 0.3 is 0 Å². The van der Waals surface area contributed by atoms with Crippen molar-refractivity contribution in [1.29, 1.82) is 0 Å². The summed E-state index contributed by atoms with van der Waals surface area (Å²) < 4.78 is 42.5. The standard InChI is InChI=1S/C18H26FN3O3S/c1-14-8-11-21(12-9-14)26(24,25)22-10-4-5-15(13-22)18(23)20-17-7-3-2-6-16(17)19/h2-3,6-7,14-15H,4-5,8-13H2,1H3,(H,20,23). The number of carbonyl (C=O) groups is 1. The normalized spacial score (nSPS) is 23.7. The predicted octanol–water partition coefficient (Wildman–Crippen LogP) is 2.45. The zero-order valence-corrected chi connectivity index (χ0v) is 15.8. The highest BCUT2D eigenvalue weighted by atomic mass is 32.2. The van der Waals surface area contributed by atoms with Gasteiger partial charge in [0.15, 0.2) is 0 Å². The summed E-state index contributed by atoms with van der Waals surface area (Å²) in [6, 6.07) is 5.98. The third-order valence-electron chi connectivity index (χ3n) is 5.28. The van der Waals surface area contributed by atoms with Crippen LogP contribution in [0.5, 0.6) is 0 Å². The highest BCUT2D eigenvalue weighted by Crippen LogP contribution is 2.26. The lowest BCUT2D eigenvalue weighted by atomic mass is 9.98. The summed E-state index contributed by atoms with van der Waals surface area (Å²) in [7, 11) is -3.54. The average molecular weight is 383 g/mol. The molecule has 0 spiro atoms. The molecule has 1 aromatic carbocycles. The molecule has 1 atom stereocenters. The van der Waals surface area contributed by atoms with E-state index in [1.165, 1.54) is 20.7 Å². The second-order valence-electron chi connectivity index (χ2n) is 7.26. The van der Waals surface area contributed by atoms with Gasteiger partial charge in [0, 0.05) is 26.2 Å². The molecule has 3 rings (SSSR count). The number of para-hydroxylation sites is 1. The van der Waals surface area contributed by atoms with Gasteiger partial charge in [0.2, 0.25) is 5.91 Å². The Morgan fingerprint density at radius 1 is 1.12 bits per heavy atom. The quantitative estimate of drug-likeness (QED) is 0.868. The monoisotopic (exact) mass is 383 g/mol. The molecule has 26 heavy (non-hydrogen) atoms.